The van der Waals surface area contributed by atoms with Crippen LogP contribution in [0.1, 0.15) is 12.2 Å². The average molecular weight is 187 g/mol. The SMILES string of the molecule is Cc1nnc(SCCCO)n1C. The van der Waals surface area contributed by atoms with Crippen LogP contribution in [0.5, 0.6) is 0 Å². The summed E-state index contributed by atoms with van der Waals surface area (Å²) in [7, 11) is 1.94. The standard InChI is InChI=1S/C7H13N3OS/c1-6-8-9-7(10(6)2)12-5-3-4-11/h11H,3-5H2,1-2H3. The Morgan fingerprint density at radius 1 is 1.50 bits per heavy atom. The lowest BCUT2D eigenvalue weighted by atomic mass is 10.5. The molecule has 0 amide bonds. The second kappa shape index (κ2) is 4.47. The largest absolute Gasteiger partial charge is 0.396 e. The van der Waals surface area contributed by atoms with Crippen molar-refractivity contribution in [2.75, 3.05) is 12.4 Å². The second-order valence-electron chi connectivity index (χ2n) is 2.51. The number of hydrogen-bond donors (Lipinski definition) is 1. The Morgan fingerprint density at radius 3 is 2.75 bits per heavy atom. The monoisotopic (exact) mass is 187 g/mol. The molecule has 1 aromatic heterocycles. The summed E-state index contributed by atoms with van der Waals surface area (Å²) in [6.07, 6.45) is 0.802. The Kier molecular flexibility index (Phi) is 3.55. The highest BCUT2D eigenvalue weighted by atomic mass is 32.2. The van der Waals surface area contributed by atoms with Gasteiger partial charge in [-0.25, -0.2) is 0 Å². The number of thioether (sulfide) groups is 1. The Morgan fingerprint density at radius 2 is 2.25 bits per heavy atom. The molecule has 0 aliphatic rings. The zero-order valence-corrected chi connectivity index (χ0v) is 8.13. The van der Waals surface area contributed by atoms with E-state index in [4.69, 9.17) is 5.11 Å². The van der Waals surface area contributed by atoms with Gasteiger partial charge in [0.2, 0.25) is 0 Å². The van der Waals surface area contributed by atoms with E-state index in [1.807, 2.05) is 18.5 Å². The average Bonchev–Trinajstić information content (AvgIpc) is 2.36. The lowest BCUT2D eigenvalue weighted by molar-refractivity contribution is 0.296. The number of rotatable bonds is 4. The van der Waals surface area contributed by atoms with Gasteiger partial charge in [0, 0.05) is 19.4 Å². The van der Waals surface area contributed by atoms with Crippen LogP contribution in [-0.4, -0.2) is 32.2 Å². The zero-order chi connectivity index (χ0) is 8.97. The van der Waals surface area contributed by atoms with Crippen molar-refractivity contribution in [3.8, 4) is 0 Å². The summed E-state index contributed by atoms with van der Waals surface area (Å²) in [6.45, 7) is 2.16. The van der Waals surface area contributed by atoms with Gasteiger partial charge in [-0.1, -0.05) is 11.8 Å². The maximum absolute atomic E-state index is 8.56. The topological polar surface area (TPSA) is 50.9 Å². The maximum atomic E-state index is 8.56. The third-order valence-corrected chi connectivity index (χ3v) is 2.69. The van der Waals surface area contributed by atoms with Crippen LogP contribution in [0.4, 0.5) is 0 Å². The number of aliphatic hydroxyl groups is 1. The number of aliphatic hydroxyl groups excluding tert-OH is 1. The lowest BCUT2D eigenvalue weighted by Gasteiger charge is -1.99. The molecule has 5 heteroatoms. The molecule has 0 fully saturated rings. The predicted octanol–water partition coefficient (Wildman–Crippen LogP) is 0.598. The molecule has 0 bridgehead atoms. The van der Waals surface area contributed by atoms with E-state index in [1.165, 1.54) is 0 Å². The second-order valence-corrected chi connectivity index (χ2v) is 3.58. The molecule has 68 valence electrons. The van der Waals surface area contributed by atoms with Gasteiger partial charge in [0.05, 0.1) is 0 Å². The summed E-state index contributed by atoms with van der Waals surface area (Å²) >= 11 is 1.62. The van der Waals surface area contributed by atoms with Gasteiger partial charge in [0.1, 0.15) is 5.82 Å². The number of nitrogens with zero attached hydrogens (tertiary/aromatic N) is 3. The van der Waals surface area contributed by atoms with Crippen LogP contribution < -0.4 is 0 Å². The molecule has 12 heavy (non-hydrogen) atoms. The van der Waals surface area contributed by atoms with E-state index in [-0.39, 0.29) is 6.61 Å². The number of hydrogen-bond acceptors (Lipinski definition) is 4. The van der Waals surface area contributed by atoms with Crippen LogP contribution >= 0.6 is 11.8 Å². The fourth-order valence-electron chi connectivity index (χ4n) is 0.741. The Hall–Kier alpha value is -0.550. The molecular formula is C7H13N3OS. The molecule has 4 nitrogen and oxygen atoms in total. The fraction of sp³-hybridized carbons (Fsp3) is 0.714. The summed E-state index contributed by atoms with van der Waals surface area (Å²) in [4.78, 5) is 0. The minimum Gasteiger partial charge on any atom is -0.396 e. The van der Waals surface area contributed by atoms with Crippen molar-refractivity contribution in [2.45, 2.75) is 18.5 Å². The molecule has 0 radical (unpaired) electrons. The van der Waals surface area contributed by atoms with Crippen molar-refractivity contribution in [3.63, 3.8) is 0 Å². The highest BCUT2D eigenvalue weighted by Gasteiger charge is 2.03. The third-order valence-electron chi connectivity index (χ3n) is 1.59. The summed E-state index contributed by atoms with van der Waals surface area (Å²) in [5.41, 5.74) is 0. The van der Waals surface area contributed by atoms with E-state index in [0.717, 1.165) is 23.2 Å². The molecule has 0 saturated carbocycles. The molecule has 0 atom stereocenters. The van der Waals surface area contributed by atoms with Crippen molar-refractivity contribution in [1.29, 1.82) is 0 Å². The van der Waals surface area contributed by atoms with Crippen molar-refractivity contribution >= 4 is 11.8 Å². The van der Waals surface area contributed by atoms with Gasteiger partial charge in [-0.3, -0.25) is 0 Å². The van der Waals surface area contributed by atoms with Gasteiger partial charge in [-0.05, 0) is 13.3 Å². The van der Waals surface area contributed by atoms with Gasteiger partial charge in [0.15, 0.2) is 5.16 Å². The lowest BCUT2D eigenvalue weighted by Crippen LogP contribution is -1.94. The maximum Gasteiger partial charge on any atom is 0.190 e. The molecule has 1 aromatic rings. The first-order valence-corrected chi connectivity index (χ1v) is 4.84. The van der Waals surface area contributed by atoms with Gasteiger partial charge in [0.25, 0.3) is 0 Å². The molecular weight excluding hydrogens is 174 g/mol. The van der Waals surface area contributed by atoms with Gasteiger partial charge in [-0.2, -0.15) is 0 Å². The van der Waals surface area contributed by atoms with Crippen LogP contribution in [0.15, 0.2) is 5.16 Å². The van der Waals surface area contributed by atoms with E-state index in [2.05, 4.69) is 10.2 Å². The van der Waals surface area contributed by atoms with Crippen LogP contribution in [0.2, 0.25) is 0 Å². The molecule has 0 aliphatic heterocycles. The minimum atomic E-state index is 0.240. The minimum absolute atomic E-state index is 0.240. The first kappa shape index (κ1) is 9.54. The first-order chi connectivity index (χ1) is 5.75. The molecule has 0 aromatic carbocycles. The smallest absolute Gasteiger partial charge is 0.190 e. The summed E-state index contributed by atoms with van der Waals surface area (Å²) in [6, 6.07) is 0. The van der Waals surface area contributed by atoms with E-state index in [9.17, 15) is 0 Å². The Balaban J connectivity index is 2.46. The van der Waals surface area contributed by atoms with E-state index in [0.29, 0.717) is 0 Å². The summed E-state index contributed by atoms with van der Waals surface area (Å²) < 4.78 is 1.95. The third kappa shape index (κ3) is 2.22. The Labute approximate surface area is 76.0 Å². The molecule has 0 unspecified atom stereocenters. The predicted molar refractivity (Wildman–Crippen MR) is 48.2 cm³/mol. The highest BCUT2D eigenvalue weighted by Crippen LogP contribution is 2.15. The highest BCUT2D eigenvalue weighted by molar-refractivity contribution is 7.99. The quantitative estimate of drug-likeness (QED) is 0.554. The van der Waals surface area contributed by atoms with Gasteiger partial charge < -0.3 is 9.67 Å². The van der Waals surface area contributed by atoms with Crippen molar-refractivity contribution in [1.82, 2.24) is 14.8 Å². The van der Waals surface area contributed by atoms with Crippen LogP contribution in [0, 0.1) is 6.92 Å². The molecule has 1 N–H and O–H groups in total. The van der Waals surface area contributed by atoms with Crippen molar-refractivity contribution < 1.29 is 5.11 Å². The molecule has 0 aliphatic carbocycles. The van der Waals surface area contributed by atoms with E-state index < -0.39 is 0 Å². The summed E-state index contributed by atoms with van der Waals surface area (Å²) in [5, 5.41) is 17.4. The zero-order valence-electron chi connectivity index (χ0n) is 7.32. The molecule has 1 rings (SSSR count). The van der Waals surface area contributed by atoms with Crippen LogP contribution in [0.3, 0.4) is 0 Å². The molecule has 0 saturated heterocycles. The Bertz CT molecular complexity index is 249. The van der Waals surface area contributed by atoms with Crippen LogP contribution in [-0.2, 0) is 7.05 Å². The number of aryl methyl sites for hydroxylation is 1. The summed E-state index contributed by atoms with van der Waals surface area (Å²) in [5.74, 6) is 1.81. The van der Waals surface area contributed by atoms with E-state index in [1.54, 1.807) is 11.8 Å². The fourth-order valence-corrected chi connectivity index (χ4v) is 1.62. The van der Waals surface area contributed by atoms with E-state index >= 15 is 0 Å². The van der Waals surface area contributed by atoms with Crippen molar-refractivity contribution in [2.24, 2.45) is 7.05 Å². The normalized spacial score (nSPS) is 10.6. The van der Waals surface area contributed by atoms with Gasteiger partial charge >= 0.3 is 0 Å². The number of aromatic nitrogens is 3. The van der Waals surface area contributed by atoms with Crippen LogP contribution in [0.25, 0.3) is 0 Å². The van der Waals surface area contributed by atoms with Crippen molar-refractivity contribution in [3.05, 3.63) is 5.82 Å². The first-order valence-electron chi connectivity index (χ1n) is 3.85. The van der Waals surface area contributed by atoms with Gasteiger partial charge in [-0.15, -0.1) is 10.2 Å². The molecule has 1 heterocycles. The molecule has 0 spiro atoms.